The van der Waals surface area contributed by atoms with Gasteiger partial charge in [-0.2, -0.15) is 0 Å². The SMILES string of the molecule is COCCOc1cc2nccc(Oc3ccc(NC(=O)N[C@H](C)c4ccc(F)cc4)cc3F)c2c2c1OCCO2. The number of ether oxygens (including phenoxy) is 5. The van der Waals surface area contributed by atoms with Crippen LogP contribution >= 0.6 is 0 Å². The molecule has 1 aromatic heterocycles. The minimum absolute atomic E-state index is 0.0657. The molecule has 40 heavy (non-hydrogen) atoms. The second-order valence-electron chi connectivity index (χ2n) is 8.89. The quantitative estimate of drug-likeness (QED) is 0.247. The molecule has 11 heteroatoms. The lowest BCUT2D eigenvalue weighted by atomic mass is 10.1. The van der Waals surface area contributed by atoms with Crippen LogP contribution in [0.5, 0.6) is 28.7 Å². The third-order valence-electron chi connectivity index (χ3n) is 6.12. The third kappa shape index (κ3) is 5.99. The molecule has 2 amide bonds. The summed E-state index contributed by atoms with van der Waals surface area (Å²) in [4.78, 5) is 16.8. The lowest BCUT2D eigenvalue weighted by Gasteiger charge is -2.23. The molecule has 208 valence electrons. The van der Waals surface area contributed by atoms with E-state index in [4.69, 9.17) is 23.7 Å². The highest BCUT2D eigenvalue weighted by molar-refractivity contribution is 5.95. The van der Waals surface area contributed by atoms with Gasteiger partial charge in [0.15, 0.2) is 23.1 Å². The number of amides is 2. The number of pyridine rings is 1. The van der Waals surface area contributed by atoms with Gasteiger partial charge in [-0.05, 0) is 42.8 Å². The molecule has 0 aliphatic carbocycles. The van der Waals surface area contributed by atoms with Gasteiger partial charge in [0.25, 0.3) is 0 Å². The first-order chi connectivity index (χ1) is 19.4. The topological polar surface area (TPSA) is 100 Å². The molecular weight excluding hydrogens is 524 g/mol. The Morgan fingerprint density at radius 3 is 2.50 bits per heavy atom. The molecule has 1 atom stereocenters. The first kappa shape index (κ1) is 26.9. The normalized spacial score (nSPS) is 13.0. The molecule has 0 fully saturated rings. The Hall–Kier alpha value is -4.64. The van der Waals surface area contributed by atoms with Crippen molar-refractivity contribution in [2.24, 2.45) is 0 Å². The van der Waals surface area contributed by atoms with Gasteiger partial charge in [0, 0.05) is 31.1 Å². The van der Waals surface area contributed by atoms with Crippen LogP contribution in [-0.4, -0.2) is 44.6 Å². The fourth-order valence-electron chi connectivity index (χ4n) is 4.18. The van der Waals surface area contributed by atoms with Crippen LogP contribution in [0.2, 0.25) is 0 Å². The van der Waals surface area contributed by atoms with Crippen molar-refractivity contribution >= 4 is 22.6 Å². The van der Waals surface area contributed by atoms with Crippen LogP contribution in [0, 0.1) is 11.6 Å². The van der Waals surface area contributed by atoms with Crippen molar-refractivity contribution in [3.8, 4) is 28.7 Å². The molecule has 0 saturated carbocycles. The molecule has 0 spiro atoms. The zero-order valence-electron chi connectivity index (χ0n) is 21.8. The summed E-state index contributed by atoms with van der Waals surface area (Å²) in [6.45, 7) is 3.11. The molecule has 2 heterocycles. The standard InChI is InChI=1S/C29H27F2N3O6/c1-17(18-3-5-19(30)6-4-18)33-29(35)34-20-7-8-23(21(31)15-20)40-24-9-10-32-22-16-25(37-12-11-36-2)27-28(26(22)24)39-14-13-38-27/h3-10,15-17H,11-14H2,1-2H3,(H2,33,34,35)/t17-/m1/s1. The number of hydrogen-bond donors (Lipinski definition) is 2. The highest BCUT2D eigenvalue weighted by Crippen LogP contribution is 2.48. The second-order valence-corrected chi connectivity index (χ2v) is 8.89. The summed E-state index contributed by atoms with van der Waals surface area (Å²) in [5, 5.41) is 5.83. The molecule has 0 bridgehead atoms. The maximum absolute atomic E-state index is 15.1. The first-order valence-electron chi connectivity index (χ1n) is 12.6. The van der Waals surface area contributed by atoms with Gasteiger partial charge in [-0.25, -0.2) is 13.6 Å². The van der Waals surface area contributed by atoms with Gasteiger partial charge in [0.05, 0.1) is 23.6 Å². The number of nitrogens with one attached hydrogen (secondary N) is 2. The maximum Gasteiger partial charge on any atom is 0.319 e. The summed E-state index contributed by atoms with van der Waals surface area (Å²) in [5.74, 6) is 0.441. The molecule has 4 aromatic rings. The average molecular weight is 552 g/mol. The minimum atomic E-state index is -0.695. The van der Waals surface area contributed by atoms with E-state index in [-0.39, 0.29) is 17.3 Å². The Bertz CT molecular complexity index is 1520. The van der Waals surface area contributed by atoms with Crippen LogP contribution in [-0.2, 0) is 4.74 Å². The van der Waals surface area contributed by atoms with Gasteiger partial charge < -0.3 is 34.3 Å². The Kier molecular flexibility index (Phi) is 8.11. The van der Waals surface area contributed by atoms with Crippen molar-refractivity contribution in [2.45, 2.75) is 13.0 Å². The third-order valence-corrected chi connectivity index (χ3v) is 6.12. The number of hydrogen-bond acceptors (Lipinski definition) is 7. The average Bonchev–Trinajstić information content (AvgIpc) is 2.95. The van der Waals surface area contributed by atoms with Gasteiger partial charge in [-0.15, -0.1) is 0 Å². The Morgan fingerprint density at radius 1 is 0.975 bits per heavy atom. The van der Waals surface area contributed by atoms with E-state index in [1.54, 1.807) is 38.3 Å². The number of aromatic nitrogens is 1. The van der Waals surface area contributed by atoms with Gasteiger partial charge in [0.1, 0.15) is 31.4 Å². The molecule has 2 N–H and O–H groups in total. The maximum atomic E-state index is 15.1. The monoisotopic (exact) mass is 551 g/mol. The largest absolute Gasteiger partial charge is 0.487 e. The summed E-state index contributed by atoms with van der Waals surface area (Å²) < 4.78 is 56.8. The van der Waals surface area contributed by atoms with Crippen LogP contribution in [0.4, 0.5) is 19.3 Å². The number of anilines is 1. The van der Waals surface area contributed by atoms with Crippen LogP contribution in [0.3, 0.4) is 0 Å². The number of methoxy groups -OCH3 is 1. The Morgan fingerprint density at radius 2 is 1.75 bits per heavy atom. The van der Waals surface area contributed by atoms with Gasteiger partial charge in [0.2, 0.25) is 5.75 Å². The predicted molar refractivity (Wildman–Crippen MR) is 144 cm³/mol. The number of rotatable bonds is 9. The van der Waals surface area contributed by atoms with Gasteiger partial charge in [-0.3, -0.25) is 4.98 Å². The number of halogens is 2. The lowest BCUT2D eigenvalue weighted by Crippen LogP contribution is -2.31. The van der Waals surface area contributed by atoms with E-state index >= 15 is 4.39 Å². The zero-order chi connectivity index (χ0) is 28.1. The van der Waals surface area contributed by atoms with E-state index < -0.39 is 17.9 Å². The Balaban J connectivity index is 1.34. The van der Waals surface area contributed by atoms with E-state index in [0.717, 1.165) is 11.6 Å². The smallest absolute Gasteiger partial charge is 0.319 e. The molecule has 3 aromatic carbocycles. The summed E-state index contributed by atoms with van der Waals surface area (Å²) >= 11 is 0. The zero-order valence-corrected chi connectivity index (χ0v) is 21.8. The van der Waals surface area contributed by atoms with Crippen LogP contribution in [0.1, 0.15) is 18.5 Å². The van der Waals surface area contributed by atoms with Gasteiger partial charge in [-0.1, -0.05) is 12.1 Å². The number of carbonyl (C=O) groups excluding carboxylic acids is 1. The number of fused-ring (bicyclic) bond motifs is 3. The molecule has 1 aliphatic rings. The molecule has 0 radical (unpaired) electrons. The molecule has 9 nitrogen and oxygen atoms in total. The number of benzene rings is 3. The van der Waals surface area contributed by atoms with Crippen molar-refractivity contribution < 1.29 is 37.3 Å². The molecule has 0 unspecified atom stereocenters. The van der Waals surface area contributed by atoms with Crippen molar-refractivity contribution in [2.75, 3.05) is 38.9 Å². The predicted octanol–water partition coefficient (Wildman–Crippen LogP) is 5.98. The van der Waals surface area contributed by atoms with Crippen LogP contribution in [0.15, 0.2) is 60.8 Å². The number of nitrogens with zero attached hydrogens (tertiary/aromatic N) is 1. The fraction of sp³-hybridized carbons (Fsp3) is 0.241. The molecular formula is C29H27F2N3O6. The fourth-order valence-corrected chi connectivity index (χ4v) is 4.18. The number of carbonyl (C=O) groups is 1. The van der Waals surface area contributed by atoms with E-state index in [1.165, 1.54) is 30.5 Å². The number of urea groups is 1. The first-order valence-corrected chi connectivity index (χ1v) is 12.6. The summed E-state index contributed by atoms with van der Waals surface area (Å²) in [5.41, 5.74) is 1.46. The van der Waals surface area contributed by atoms with E-state index in [1.807, 2.05) is 0 Å². The lowest BCUT2D eigenvalue weighted by molar-refractivity contribution is 0.134. The summed E-state index contributed by atoms with van der Waals surface area (Å²) in [6, 6.07) is 12.2. The van der Waals surface area contributed by atoms with Crippen molar-refractivity contribution in [1.29, 1.82) is 0 Å². The molecule has 1 aliphatic heterocycles. The highest BCUT2D eigenvalue weighted by Gasteiger charge is 2.25. The van der Waals surface area contributed by atoms with Crippen molar-refractivity contribution in [3.05, 3.63) is 78.0 Å². The van der Waals surface area contributed by atoms with Crippen molar-refractivity contribution in [3.63, 3.8) is 0 Å². The minimum Gasteiger partial charge on any atom is -0.487 e. The summed E-state index contributed by atoms with van der Waals surface area (Å²) in [7, 11) is 1.58. The van der Waals surface area contributed by atoms with Crippen LogP contribution < -0.4 is 29.6 Å². The van der Waals surface area contributed by atoms with E-state index in [2.05, 4.69) is 15.6 Å². The van der Waals surface area contributed by atoms with E-state index in [9.17, 15) is 9.18 Å². The Labute approximate surface area is 229 Å². The van der Waals surface area contributed by atoms with E-state index in [0.29, 0.717) is 60.3 Å². The highest BCUT2D eigenvalue weighted by atomic mass is 19.1. The molecule has 5 rings (SSSR count). The van der Waals surface area contributed by atoms with Crippen LogP contribution in [0.25, 0.3) is 10.9 Å². The van der Waals surface area contributed by atoms with Gasteiger partial charge >= 0.3 is 6.03 Å². The van der Waals surface area contributed by atoms with Crippen molar-refractivity contribution in [1.82, 2.24) is 10.3 Å². The summed E-state index contributed by atoms with van der Waals surface area (Å²) in [6.07, 6.45) is 1.53. The second kappa shape index (κ2) is 12.0. The molecule has 0 saturated heterocycles.